The summed E-state index contributed by atoms with van der Waals surface area (Å²) in [4.78, 5) is 0. The minimum atomic E-state index is -0.753. The molecule has 1 nitrogen and oxygen atoms in total. The molecule has 0 aromatic heterocycles. The van der Waals surface area contributed by atoms with E-state index in [1.54, 1.807) is 0 Å². The van der Waals surface area contributed by atoms with E-state index in [2.05, 4.69) is 34.4 Å². The van der Waals surface area contributed by atoms with Gasteiger partial charge in [-0.3, -0.25) is 0 Å². The quantitative estimate of drug-likeness (QED) is 0.478. The molecule has 0 saturated heterocycles. The lowest BCUT2D eigenvalue weighted by atomic mass is 9.93. The molecule has 16 heavy (non-hydrogen) atoms. The van der Waals surface area contributed by atoms with Gasteiger partial charge in [0, 0.05) is 15.9 Å². The molecule has 84 valence electrons. The monoisotopic (exact) mass is 326 g/mol. The second-order valence-electron chi connectivity index (χ2n) is 4.28. The van der Waals surface area contributed by atoms with E-state index in [1.165, 1.54) is 0 Å². The van der Waals surface area contributed by atoms with Gasteiger partial charge in [-0.05, 0) is 31.4 Å². The van der Waals surface area contributed by atoms with Gasteiger partial charge in [0.25, 0.3) is 0 Å². The Morgan fingerprint density at radius 2 is 2.12 bits per heavy atom. The molecule has 1 aliphatic carbocycles. The molecule has 0 amide bonds. The molecule has 0 aliphatic heterocycles. The first-order chi connectivity index (χ1) is 7.74. The van der Waals surface area contributed by atoms with Gasteiger partial charge in [0.1, 0.15) is 5.60 Å². The topological polar surface area (TPSA) is 20.2 Å². The highest BCUT2D eigenvalue weighted by atomic mass is 127. The van der Waals surface area contributed by atoms with Gasteiger partial charge >= 0.3 is 0 Å². The molecule has 2 heteroatoms. The molecule has 1 aromatic rings. The second kappa shape index (κ2) is 5.20. The Morgan fingerprint density at radius 3 is 2.81 bits per heavy atom. The Morgan fingerprint density at radius 1 is 1.38 bits per heavy atom. The molecule has 0 bridgehead atoms. The van der Waals surface area contributed by atoms with Gasteiger partial charge in [-0.15, -0.1) is 0 Å². The molecule has 1 N–H and O–H groups in total. The highest BCUT2D eigenvalue weighted by molar-refractivity contribution is 14.1. The summed E-state index contributed by atoms with van der Waals surface area (Å²) >= 11 is 2.34. The van der Waals surface area contributed by atoms with Crippen LogP contribution in [-0.4, -0.2) is 15.1 Å². The molecule has 0 radical (unpaired) electrons. The fraction of sp³-hybridized carbons (Fsp3) is 0.429. The zero-order chi connectivity index (χ0) is 11.4. The van der Waals surface area contributed by atoms with E-state index < -0.39 is 5.60 Å². The molecule has 2 rings (SSSR count). The summed E-state index contributed by atoms with van der Waals surface area (Å²) in [5, 5.41) is 10.4. The first kappa shape index (κ1) is 11.9. The number of alkyl halides is 1. The fourth-order valence-corrected chi connectivity index (χ4v) is 3.30. The van der Waals surface area contributed by atoms with E-state index in [0.29, 0.717) is 5.92 Å². The van der Waals surface area contributed by atoms with Crippen LogP contribution in [0, 0.1) is 17.8 Å². The van der Waals surface area contributed by atoms with Crippen LogP contribution in [0.15, 0.2) is 30.3 Å². The molecule has 2 atom stereocenters. The lowest BCUT2D eigenvalue weighted by molar-refractivity contribution is 0.0718. The summed E-state index contributed by atoms with van der Waals surface area (Å²) in [5.41, 5.74) is 0.229. The maximum atomic E-state index is 10.4. The lowest BCUT2D eigenvalue weighted by Crippen LogP contribution is -2.32. The van der Waals surface area contributed by atoms with Gasteiger partial charge in [-0.2, -0.15) is 0 Å². The summed E-state index contributed by atoms with van der Waals surface area (Å²) < 4.78 is 0.984. The van der Waals surface area contributed by atoms with Crippen molar-refractivity contribution in [1.82, 2.24) is 0 Å². The Labute approximate surface area is 110 Å². The molecule has 1 aliphatic rings. The first-order valence-corrected chi connectivity index (χ1v) is 7.14. The Kier molecular flexibility index (Phi) is 3.88. The van der Waals surface area contributed by atoms with Crippen molar-refractivity contribution in [3.05, 3.63) is 35.9 Å². The smallest absolute Gasteiger partial charge is 0.129 e. The van der Waals surface area contributed by atoms with Crippen molar-refractivity contribution < 1.29 is 5.11 Å². The van der Waals surface area contributed by atoms with Gasteiger partial charge in [0.05, 0.1) is 0 Å². The van der Waals surface area contributed by atoms with Crippen molar-refractivity contribution >= 4 is 22.6 Å². The summed E-state index contributed by atoms with van der Waals surface area (Å²) in [7, 11) is 0. The summed E-state index contributed by atoms with van der Waals surface area (Å²) in [6.45, 7) is 0. The largest absolute Gasteiger partial charge is 0.377 e. The third-order valence-electron chi connectivity index (χ3n) is 3.17. The molecule has 1 aromatic carbocycles. The SMILES string of the molecule is O[C@]1(C#Cc2ccccc2)CCC[C@H]1CI. The molecule has 0 heterocycles. The van der Waals surface area contributed by atoms with Crippen molar-refractivity contribution in [3.63, 3.8) is 0 Å². The van der Waals surface area contributed by atoms with Crippen LogP contribution in [0.3, 0.4) is 0 Å². The van der Waals surface area contributed by atoms with Gasteiger partial charge in [-0.25, -0.2) is 0 Å². The third kappa shape index (κ3) is 2.58. The second-order valence-corrected chi connectivity index (χ2v) is 5.16. The van der Waals surface area contributed by atoms with E-state index in [0.717, 1.165) is 29.3 Å². The molecular weight excluding hydrogens is 311 g/mol. The Balaban J connectivity index is 2.18. The van der Waals surface area contributed by atoms with Crippen molar-refractivity contribution in [2.45, 2.75) is 24.9 Å². The van der Waals surface area contributed by atoms with E-state index in [1.807, 2.05) is 30.3 Å². The number of aliphatic hydroxyl groups is 1. The van der Waals surface area contributed by atoms with Crippen LogP contribution < -0.4 is 0 Å². The maximum absolute atomic E-state index is 10.4. The number of hydrogen-bond donors (Lipinski definition) is 1. The summed E-state index contributed by atoms with van der Waals surface area (Å²) in [6, 6.07) is 9.87. The molecule has 0 unspecified atom stereocenters. The zero-order valence-electron chi connectivity index (χ0n) is 9.12. The minimum Gasteiger partial charge on any atom is -0.377 e. The Bertz CT molecular complexity index is 404. The van der Waals surface area contributed by atoms with Crippen LogP contribution in [0.25, 0.3) is 0 Å². The van der Waals surface area contributed by atoms with Crippen molar-refractivity contribution in [1.29, 1.82) is 0 Å². The number of rotatable bonds is 1. The predicted octanol–water partition coefficient (Wildman–Crippen LogP) is 3.00. The van der Waals surface area contributed by atoms with Gasteiger partial charge in [0.15, 0.2) is 0 Å². The lowest BCUT2D eigenvalue weighted by Gasteiger charge is -2.22. The van der Waals surface area contributed by atoms with Crippen LogP contribution in [0.4, 0.5) is 0 Å². The van der Waals surface area contributed by atoms with Crippen LogP contribution >= 0.6 is 22.6 Å². The van der Waals surface area contributed by atoms with Crippen molar-refractivity contribution in [2.24, 2.45) is 5.92 Å². The average molecular weight is 326 g/mol. The molecule has 1 fully saturated rings. The Hall–Kier alpha value is -0.530. The van der Waals surface area contributed by atoms with Crippen LogP contribution in [0.5, 0.6) is 0 Å². The fourth-order valence-electron chi connectivity index (χ4n) is 2.13. The van der Waals surface area contributed by atoms with Crippen LogP contribution in [-0.2, 0) is 0 Å². The molecular formula is C14H15IO. The molecule has 1 saturated carbocycles. The summed E-state index contributed by atoms with van der Waals surface area (Å²) in [5.74, 6) is 6.50. The van der Waals surface area contributed by atoms with E-state index in [-0.39, 0.29) is 0 Å². The number of hydrogen-bond acceptors (Lipinski definition) is 1. The van der Waals surface area contributed by atoms with E-state index in [9.17, 15) is 5.11 Å². The highest BCUT2D eigenvalue weighted by Gasteiger charge is 2.38. The minimum absolute atomic E-state index is 0.337. The van der Waals surface area contributed by atoms with Gasteiger partial charge in [0.2, 0.25) is 0 Å². The average Bonchev–Trinajstić information content (AvgIpc) is 2.70. The first-order valence-electron chi connectivity index (χ1n) is 5.61. The highest BCUT2D eigenvalue weighted by Crippen LogP contribution is 2.36. The van der Waals surface area contributed by atoms with Crippen molar-refractivity contribution in [2.75, 3.05) is 4.43 Å². The van der Waals surface area contributed by atoms with E-state index in [4.69, 9.17) is 0 Å². The predicted molar refractivity (Wildman–Crippen MR) is 74.5 cm³/mol. The number of halogens is 1. The maximum Gasteiger partial charge on any atom is 0.129 e. The van der Waals surface area contributed by atoms with Crippen LogP contribution in [0.1, 0.15) is 24.8 Å². The third-order valence-corrected chi connectivity index (χ3v) is 4.23. The van der Waals surface area contributed by atoms with E-state index >= 15 is 0 Å². The normalized spacial score (nSPS) is 28.5. The van der Waals surface area contributed by atoms with Crippen molar-refractivity contribution in [3.8, 4) is 11.8 Å². The zero-order valence-corrected chi connectivity index (χ0v) is 11.3. The molecule has 0 spiro atoms. The van der Waals surface area contributed by atoms with Gasteiger partial charge < -0.3 is 5.11 Å². The summed E-state index contributed by atoms with van der Waals surface area (Å²) in [6.07, 6.45) is 3.01. The van der Waals surface area contributed by atoms with Gasteiger partial charge in [-0.1, -0.05) is 52.6 Å². The standard InChI is InChI=1S/C14H15IO/c15-11-13-7-4-9-14(13,16)10-8-12-5-2-1-3-6-12/h1-3,5-6,13,16H,4,7,9,11H2/t13-,14-/m0/s1. The number of benzene rings is 1. The van der Waals surface area contributed by atoms with Crippen LogP contribution in [0.2, 0.25) is 0 Å².